The van der Waals surface area contributed by atoms with Crippen molar-refractivity contribution in [3.8, 4) is 11.8 Å². The van der Waals surface area contributed by atoms with E-state index in [1.54, 1.807) is 24.3 Å². The molecule has 0 amide bonds. The normalized spacial score (nSPS) is 19.0. The first-order valence-electron chi connectivity index (χ1n) is 10.5. The summed E-state index contributed by atoms with van der Waals surface area (Å²) >= 11 is 0. The third kappa shape index (κ3) is 5.70. The molecule has 0 aliphatic heterocycles. The van der Waals surface area contributed by atoms with Crippen LogP contribution >= 0.6 is 0 Å². The highest BCUT2D eigenvalue weighted by Crippen LogP contribution is 2.37. The molecule has 1 fully saturated rings. The highest BCUT2D eigenvalue weighted by molar-refractivity contribution is 5.72. The molecule has 0 aromatic heterocycles. The first-order chi connectivity index (χ1) is 13.7. The smallest absolute Gasteiger partial charge is 0.311 e. The van der Waals surface area contributed by atoms with Crippen molar-refractivity contribution in [2.45, 2.75) is 64.2 Å². The molecule has 28 heavy (non-hydrogen) atoms. The Balaban J connectivity index is 1.45. The van der Waals surface area contributed by atoms with Crippen LogP contribution in [0, 0.1) is 17.2 Å². The quantitative estimate of drug-likeness (QED) is 0.429. The van der Waals surface area contributed by atoms with E-state index in [-0.39, 0.29) is 5.97 Å². The average molecular weight is 376 g/mol. The van der Waals surface area contributed by atoms with E-state index in [9.17, 15) is 4.79 Å². The topological polar surface area (TPSA) is 50.1 Å². The summed E-state index contributed by atoms with van der Waals surface area (Å²) in [5.74, 6) is 1.87. The van der Waals surface area contributed by atoms with Crippen LogP contribution in [0.3, 0.4) is 0 Å². The number of aryl methyl sites for hydroxylation is 1. The van der Waals surface area contributed by atoms with Gasteiger partial charge in [0.15, 0.2) is 0 Å². The van der Waals surface area contributed by atoms with Crippen molar-refractivity contribution in [3.05, 3.63) is 65.2 Å². The van der Waals surface area contributed by atoms with Gasteiger partial charge in [-0.05, 0) is 79.3 Å². The van der Waals surface area contributed by atoms with Crippen LogP contribution < -0.4 is 4.74 Å². The van der Waals surface area contributed by atoms with Crippen LogP contribution in [-0.4, -0.2) is 5.97 Å². The number of esters is 1. The fraction of sp³-hybridized carbons (Fsp3) is 0.440. The van der Waals surface area contributed by atoms with Crippen molar-refractivity contribution in [2.75, 3.05) is 0 Å². The third-order valence-corrected chi connectivity index (χ3v) is 5.83. The molecule has 0 radical (unpaired) electrons. The van der Waals surface area contributed by atoms with Gasteiger partial charge in [0.2, 0.25) is 0 Å². The molecule has 3 rings (SSSR count). The van der Waals surface area contributed by atoms with Crippen LogP contribution in [0.2, 0.25) is 0 Å². The zero-order chi connectivity index (χ0) is 19.8. The molecule has 1 saturated carbocycles. The number of carbonyl (C=O) groups is 1. The van der Waals surface area contributed by atoms with Crippen LogP contribution in [0.1, 0.15) is 74.5 Å². The first-order valence-corrected chi connectivity index (χ1v) is 10.5. The maximum absolute atomic E-state index is 12.1. The summed E-state index contributed by atoms with van der Waals surface area (Å²) in [5, 5.41) is 8.80. The number of rotatable bonds is 7. The second-order valence-corrected chi connectivity index (χ2v) is 7.86. The zero-order valence-corrected chi connectivity index (χ0v) is 16.7. The summed E-state index contributed by atoms with van der Waals surface area (Å²) in [6.45, 7) is 2.28. The van der Waals surface area contributed by atoms with E-state index < -0.39 is 0 Å². The second kappa shape index (κ2) is 10.1. The Kier molecular flexibility index (Phi) is 7.25. The third-order valence-electron chi connectivity index (χ3n) is 5.83. The number of ether oxygens (including phenoxy) is 1. The molecule has 0 spiro atoms. The Bertz CT molecular complexity index is 794. The van der Waals surface area contributed by atoms with Gasteiger partial charge in [-0.2, -0.15) is 5.26 Å². The van der Waals surface area contributed by atoms with Gasteiger partial charge in [-0.25, -0.2) is 0 Å². The molecule has 1 aliphatic carbocycles. The molecule has 3 nitrogen and oxygen atoms in total. The lowest BCUT2D eigenvalue weighted by atomic mass is 9.77. The van der Waals surface area contributed by atoms with E-state index in [1.807, 2.05) is 6.07 Å². The van der Waals surface area contributed by atoms with E-state index in [4.69, 9.17) is 10.00 Å². The Morgan fingerprint density at radius 3 is 2.32 bits per heavy atom. The minimum atomic E-state index is -0.247. The summed E-state index contributed by atoms with van der Waals surface area (Å²) in [5.41, 5.74) is 3.16. The van der Waals surface area contributed by atoms with E-state index >= 15 is 0 Å². The predicted molar refractivity (Wildman–Crippen MR) is 111 cm³/mol. The second-order valence-electron chi connectivity index (χ2n) is 7.86. The first kappa shape index (κ1) is 20.1. The van der Waals surface area contributed by atoms with Crippen molar-refractivity contribution in [3.63, 3.8) is 0 Å². The van der Waals surface area contributed by atoms with Gasteiger partial charge in [0.05, 0.1) is 11.6 Å². The molecular weight excluding hydrogens is 346 g/mol. The number of nitrogens with zero attached hydrogens (tertiary/aromatic N) is 1. The van der Waals surface area contributed by atoms with Gasteiger partial charge in [0, 0.05) is 6.42 Å². The molecular formula is C25H29NO2. The average Bonchev–Trinajstić information content (AvgIpc) is 2.74. The molecule has 1 aliphatic rings. The number of hydrogen-bond acceptors (Lipinski definition) is 3. The molecule has 0 bridgehead atoms. The number of hydrogen-bond donors (Lipinski definition) is 0. The monoisotopic (exact) mass is 375 g/mol. The van der Waals surface area contributed by atoms with Crippen LogP contribution in [0.25, 0.3) is 0 Å². The summed E-state index contributed by atoms with van der Waals surface area (Å²) < 4.78 is 5.34. The summed E-state index contributed by atoms with van der Waals surface area (Å²) in [7, 11) is 0. The summed E-state index contributed by atoms with van der Waals surface area (Å²) in [6.07, 6.45) is 9.05. The van der Waals surface area contributed by atoms with Crippen molar-refractivity contribution in [2.24, 2.45) is 5.92 Å². The molecule has 0 N–H and O–H groups in total. The predicted octanol–water partition coefficient (Wildman–Crippen LogP) is 6.17. The lowest BCUT2D eigenvalue weighted by Crippen LogP contribution is -2.13. The highest BCUT2D eigenvalue weighted by atomic mass is 16.5. The van der Waals surface area contributed by atoms with Gasteiger partial charge in [0.1, 0.15) is 5.75 Å². The van der Waals surface area contributed by atoms with Crippen molar-refractivity contribution in [1.29, 1.82) is 5.26 Å². The standard InChI is InChI=1S/C25H29NO2/c1-2-3-19-4-11-22(12-5-19)23-13-6-20(7-14-23)10-17-25(27)28-24-15-8-21(18-26)9-16-24/h6-9,13-16,19,22H,2-5,10-12,17H2,1H3/t19-,22-. The molecule has 146 valence electrons. The van der Waals surface area contributed by atoms with Crippen molar-refractivity contribution < 1.29 is 9.53 Å². The Hall–Kier alpha value is -2.60. The molecule has 2 aromatic rings. The molecule has 0 heterocycles. The molecule has 0 unspecified atom stereocenters. The van der Waals surface area contributed by atoms with Gasteiger partial charge in [0.25, 0.3) is 0 Å². The number of carbonyl (C=O) groups excluding carboxylic acids is 1. The van der Waals surface area contributed by atoms with E-state index in [0.717, 1.165) is 5.92 Å². The Labute approximate surface area is 168 Å². The maximum atomic E-state index is 12.1. The molecule has 3 heteroatoms. The maximum Gasteiger partial charge on any atom is 0.311 e. The fourth-order valence-electron chi connectivity index (χ4n) is 4.18. The van der Waals surface area contributed by atoms with Crippen molar-refractivity contribution in [1.82, 2.24) is 0 Å². The fourth-order valence-corrected chi connectivity index (χ4v) is 4.18. The number of nitriles is 1. The van der Waals surface area contributed by atoms with Crippen LogP contribution in [0.4, 0.5) is 0 Å². The van der Waals surface area contributed by atoms with Gasteiger partial charge in [-0.3, -0.25) is 4.79 Å². The van der Waals surface area contributed by atoms with Gasteiger partial charge >= 0.3 is 5.97 Å². The van der Waals surface area contributed by atoms with E-state index in [2.05, 4.69) is 31.2 Å². The van der Waals surface area contributed by atoms with Gasteiger partial charge < -0.3 is 4.74 Å². The molecule has 2 aromatic carbocycles. The van der Waals surface area contributed by atoms with Crippen molar-refractivity contribution >= 4 is 5.97 Å². The SMILES string of the molecule is CCC[C@H]1CC[C@H](c2ccc(CCC(=O)Oc3ccc(C#N)cc3)cc2)CC1. The molecule has 0 saturated heterocycles. The van der Waals surface area contributed by atoms with E-state index in [0.29, 0.717) is 30.1 Å². The van der Waals surface area contributed by atoms with Crippen LogP contribution in [0.15, 0.2) is 48.5 Å². The van der Waals surface area contributed by atoms with Crippen LogP contribution in [-0.2, 0) is 11.2 Å². The van der Waals surface area contributed by atoms with E-state index in [1.165, 1.54) is 49.7 Å². The van der Waals surface area contributed by atoms with Crippen LogP contribution in [0.5, 0.6) is 5.75 Å². The lowest BCUT2D eigenvalue weighted by molar-refractivity contribution is -0.134. The van der Waals surface area contributed by atoms with Gasteiger partial charge in [-0.15, -0.1) is 0 Å². The number of benzene rings is 2. The highest BCUT2D eigenvalue weighted by Gasteiger charge is 2.21. The zero-order valence-electron chi connectivity index (χ0n) is 16.7. The summed E-state index contributed by atoms with van der Waals surface area (Å²) in [6, 6.07) is 17.5. The largest absolute Gasteiger partial charge is 0.427 e. The Morgan fingerprint density at radius 2 is 1.71 bits per heavy atom. The lowest BCUT2D eigenvalue weighted by Gasteiger charge is -2.28. The summed E-state index contributed by atoms with van der Waals surface area (Å²) in [4.78, 5) is 12.1. The Morgan fingerprint density at radius 1 is 1.04 bits per heavy atom. The van der Waals surface area contributed by atoms with Gasteiger partial charge in [-0.1, -0.05) is 44.0 Å². The molecule has 0 atom stereocenters. The minimum absolute atomic E-state index is 0.247. The minimum Gasteiger partial charge on any atom is -0.427 e.